The summed E-state index contributed by atoms with van der Waals surface area (Å²) in [6.45, 7) is 3.12. The molecule has 1 saturated heterocycles. The van der Waals surface area contributed by atoms with Gasteiger partial charge in [0.15, 0.2) is 0 Å². The average molecular weight is 226 g/mol. The van der Waals surface area contributed by atoms with Crippen molar-refractivity contribution in [2.24, 2.45) is 0 Å². The molecule has 0 spiro atoms. The Labute approximate surface area is 63.9 Å². The lowest BCUT2D eigenvalue weighted by atomic mass is 10.1. The summed E-state index contributed by atoms with van der Waals surface area (Å²) in [5.74, 6) is 0. The van der Waals surface area contributed by atoms with Crippen molar-refractivity contribution >= 4 is 22.6 Å². The van der Waals surface area contributed by atoms with Gasteiger partial charge in [-0.05, 0) is 19.8 Å². The van der Waals surface area contributed by atoms with Crippen molar-refractivity contribution in [2.75, 3.05) is 6.61 Å². The van der Waals surface area contributed by atoms with Crippen LogP contribution in [0.2, 0.25) is 0 Å². The van der Waals surface area contributed by atoms with Crippen LogP contribution < -0.4 is 0 Å². The molecule has 8 heavy (non-hydrogen) atoms. The van der Waals surface area contributed by atoms with E-state index in [9.17, 15) is 0 Å². The highest BCUT2D eigenvalue weighted by Crippen LogP contribution is 2.20. The normalized spacial score (nSPS) is 39.8. The number of ether oxygens (including phenoxy) is 1. The van der Waals surface area contributed by atoms with Gasteiger partial charge in [0.05, 0.1) is 6.10 Å². The van der Waals surface area contributed by atoms with Crippen molar-refractivity contribution in [3.8, 4) is 0 Å². The van der Waals surface area contributed by atoms with Gasteiger partial charge in [0.1, 0.15) is 0 Å². The second kappa shape index (κ2) is 3.01. The van der Waals surface area contributed by atoms with E-state index in [1.54, 1.807) is 0 Å². The maximum atomic E-state index is 5.38. The molecular formula is C6H11IO. The van der Waals surface area contributed by atoms with Gasteiger partial charge in [-0.25, -0.2) is 0 Å². The van der Waals surface area contributed by atoms with Gasteiger partial charge >= 0.3 is 0 Å². The first kappa shape index (κ1) is 6.81. The first-order valence-corrected chi connectivity index (χ1v) is 4.31. The Balaban J connectivity index is 2.28. The summed E-state index contributed by atoms with van der Waals surface area (Å²) >= 11 is 2.46. The van der Waals surface area contributed by atoms with Crippen LogP contribution in [0, 0.1) is 0 Å². The summed E-state index contributed by atoms with van der Waals surface area (Å²) < 4.78 is 6.13. The summed E-state index contributed by atoms with van der Waals surface area (Å²) in [6, 6.07) is 0. The van der Waals surface area contributed by atoms with E-state index in [-0.39, 0.29) is 0 Å². The van der Waals surface area contributed by atoms with Crippen molar-refractivity contribution in [2.45, 2.75) is 29.8 Å². The van der Waals surface area contributed by atoms with Crippen molar-refractivity contribution in [3.63, 3.8) is 0 Å². The monoisotopic (exact) mass is 226 g/mol. The third kappa shape index (κ3) is 1.58. The summed E-state index contributed by atoms with van der Waals surface area (Å²) in [4.78, 5) is 0. The first-order valence-electron chi connectivity index (χ1n) is 3.06. The summed E-state index contributed by atoms with van der Waals surface area (Å²) in [6.07, 6.45) is 3.07. The van der Waals surface area contributed by atoms with Crippen LogP contribution in [-0.4, -0.2) is 16.6 Å². The minimum absolute atomic E-state index is 0.490. The minimum Gasteiger partial charge on any atom is -0.377 e. The quantitative estimate of drug-likeness (QED) is 0.453. The van der Waals surface area contributed by atoms with Gasteiger partial charge in [-0.15, -0.1) is 0 Å². The maximum Gasteiger partial charge on any atom is 0.0664 e. The summed E-state index contributed by atoms with van der Waals surface area (Å²) in [7, 11) is 0. The van der Waals surface area contributed by atoms with Crippen molar-refractivity contribution < 1.29 is 4.74 Å². The highest BCUT2D eigenvalue weighted by atomic mass is 127. The molecule has 1 rings (SSSR count). The Morgan fingerprint density at radius 1 is 1.62 bits per heavy atom. The number of hydrogen-bond acceptors (Lipinski definition) is 1. The lowest BCUT2D eigenvalue weighted by molar-refractivity contribution is 0.0373. The molecule has 1 fully saturated rings. The number of hydrogen-bond donors (Lipinski definition) is 0. The molecule has 0 aromatic rings. The van der Waals surface area contributed by atoms with Crippen LogP contribution in [-0.2, 0) is 4.74 Å². The van der Waals surface area contributed by atoms with Crippen LogP contribution in [0.5, 0.6) is 0 Å². The number of rotatable bonds is 0. The lowest BCUT2D eigenvalue weighted by Gasteiger charge is -2.23. The molecule has 0 aliphatic carbocycles. The van der Waals surface area contributed by atoms with Crippen molar-refractivity contribution in [3.05, 3.63) is 0 Å². The summed E-state index contributed by atoms with van der Waals surface area (Å²) in [5, 5.41) is 0. The molecule has 2 heteroatoms. The molecule has 2 atom stereocenters. The molecule has 0 aromatic heterocycles. The molecule has 0 saturated carbocycles. The zero-order valence-corrected chi connectivity index (χ0v) is 7.22. The van der Waals surface area contributed by atoms with Crippen LogP contribution in [0.15, 0.2) is 0 Å². The van der Waals surface area contributed by atoms with E-state index < -0.39 is 0 Å². The second-order valence-corrected chi connectivity index (χ2v) is 3.83. The predicted octanol–water partition coefficient (Wildman–Crippen LogP) is 1.99. The fraction of sp³-hybridized carbons (Fsp3) is 1.00. The molecule has 1 aliphatic heterocycles. The van der Waals surface area contributed by atoms with Gasteiger partial charge in [0.25, 0.3) is 0 Å². The molecule has 0 N–H and O–H groups in total. The molecule has 0 radical (unpaired) electrons. The van der Waals surface area contributed by atoms with Crippen LogP contribution in [0.4, 0.5) is 0 Å². The zero-order valence-electron chi connectivity index (χ0n) is 5.06. The Hall–Kier alpha value is 0.690. The molecular weight excluding hydrogens is 215 g/mol. The van der Waals surface area contributed by atoms with Crippen molar-refractivity contribution in [1.82, 2.24) is 0 Å². The van der Waals surface area contributed by atoms with E-state index in [1.807, 2.05) is 0 Å². The SMILES string of the molecule is CC1OCCCC1I. The Kier molecular flexibility index (Phi) is 2.56. The lowest BCUT2D eigenvalue weighted by Crippen LogP contribution is -2.26. The van der Waals surface area contributed by atoms with Gasteiger partial charge in [-0.1, -0.05) is 22.6 Å². The molecule has 1 nitrogen and oxygen atoms in total. The van der Waals surface area contributed by atoms with Gasteiger partial charge in [-0.3, -0.25) is 0 Å². The third-order valence-corrected chi connectivity index (χ3v) is 3.15. The van der Waals surface area contributed by atoms with E-state index >= 15 is 0 Å². The molecule has 1 aliphatic rings. The highest BCUT2D eigenvalue weighted by molar-refractivity contribution is 14.1. The molecule has 0 aromatic carbocycles. The highest BCUT2D eigenvalue weighted by Gasteiger charge is 2.17. The number of halogens is 1. The Bertz CT molecular complexity index is 64.9. The first-order chi connectivity index (χ1) is 3.80. The molecule has 2 unspecified atom stereocenters. The summed E-state index contributed by atoms with van der Waals surface area (Å²) in [5.41, 5.74) is 0. The van der Waals surface area contributed by atoms with Crippen LogP contribution in [0.1, 0.15) is 19.8 Å². The van der Waals surface area contributed by atoms with E-state index in [2.05, 4.69) is 29.5 Å². The number of alkyl halides is 1. The van der Waals surface area contributed by atoms with Crippen LogP contribution >= 0.6 is 22.6 Å². The van der Waals surface area contributed by atoms with Crippen LogP contribution in [0.3, 0.4) is 0 Å². The molecule has 48 valence electrons. The van der Waals surface area contributed by atoms with Crippen molar-refractivity contribution in [1.29, 1.82) is 0 Å². The van der Waals surface area contributed by atoms with E-state index in [1.165, 1.54) is 12.8 Å². The van der Waals surface area contributed by atoms with Crippen LogP contribution in [0.25, 0.3) is 0 Å². The average Bonchev–Trinajstić information content (AvgIpc) is 1.77. The smallest absolute Gasteiger partial charge is 0.0664 e. The minimum atomic E-state index is 0.490. The Morgan fingerprint density at radius 3 is 2.75 bits per heavy atom. The fourth-order valence-corrected chi connectivity index (χ4v) is 1.53. The standard InChI is InChI=1S/C6H11IO/c1-5-6(7)3-2-4-8-5/h5-6H,2-4H2,1H3. The second-order valence-electron chi connectivity index (χ2n) is 2.23. The Morgan fingerprint density at radius 2 is 2.38 bits per heavy atom. The fourth-order valence-electron chi connectivity index (χ4n) is 0.887. The van der Waals surface area contributed by atoms with E-state index in [0.29, 0.717) is 6.10 Å². The third-order valence-electron chi connectivity index (χ3n) is 1.51. The van der Waals surface area contributed by atoms with Gasteiger partial charge in [0.2, 0.25) is 0 Å². The molecule has 0 amide bonds. The molecule has 1 heterocycles. The van der Waals surface area contributed by atoms with Gasteiger partial charge in [0, 0.05) is 10.5 Å². The topological polar surface area (TPSA) is 9.23 Å². The molecule has 0 bridgehead atoms. The van der Waals surface area contributed by atoms with Gasteiger partial charge < -0.3 is 4.74 Å². The van der Waals surface area contributed by atoms with E-state index in [4.69, 9.17) is 4.74 Å². The van der Waals surface area contributed by atoms with Gasteiger partial charge in [-0.2, -0.15) is 0 Å². The van der Waals surface area contributed by atoms with E-state index in [0.717, 1.165) is 10.5 Å². The zero-order chi connectivity index (χ0) is 5.98. The maximum absolute atomic E-state index is 5.38. The largest absolute Gasteiger partial charge is 0.377 e. The predicted molar refractivity (Wildman–Crippen MR) is 42.5 cm³/mol.